The lowest BCUT2D eigenvalue weighted by atomic mass is 10.00. The van der Waals surface area contributed by atoms with Gasteiger partial charge >= 0.3 is 0 Å². The molecule has 4 heteroatoms. The van der Waals surface area contributed by atoms with Crippen molar-refractivity contribution in [2.75, 3.05) is 33.2 Å². The van der Waals surface area contributed by atoms with Crippen LogP contribution in [0.1, 0.15) is 39.0 Å². The molecule has 3 atom stereocenters. The minimum absolute atomic E-state index is 0.303. The fourth-order valence-corrected chi connectivity index (χ4v) is 3.72. The summed E-state index contributed by atoms with van der Waals surface area (Å²) in [5.74, 6) is 1.54. The number of piperidine rings is 1. The molecule has 1 saturated heterocycles. The lowest BCUT2D eigenvalue weighted by molar-refractivity contribution is -0.134. The monoisotopic (exact) mass is 267 g/mol. The van der Waals surface area contributed by atoms with Crippen LogP contribution in [0.2, 0.25) is 0 Å². The van der Waals surface area contributed by atoms with Crippen molar-refractivity contribution in [1.82, 2.24) is 9.80 Å². The van der Waals surface area contributed by atoms with Gasteiger partial charge in [-0.2, -0.15) is 0 Å². The van der Waals surface area contributed by atoms with Gasteiger partial charge in [0.15, 0.2) is 0 Å². The summed E-state index contributed by atoms with van der Waals surface area (Å²) in [6.45, 7) is 5.45. The molecule has 0 aromatic heterocycles. The standard InChI is InChI=1S/C15H29N3O/c1-12-5-4-8-18(10-12)15(19)11-17(2)14-7-3-6-13(14)9-16/h12-14H,3-11,16H2,1-2H3. The summed E-state index contributed by atoms with van der Waals surface area (Å²) in [7, 11) is 2.09. The van der Waals surface area contributed by atoms with Gasteiger partial charge in [0.25, 0.3) is 0 Å². The third kappa shape index (κ3) is 3.69. The van der Waals surface area contributed by atoms with E-state index in [-0.39, 0.29) is 0 Å². The van der Waals surface area contributed by atoms with E-state index < -0.39 is 0 Å². The van der Waals surface area contributed by atoms with Gasteiger partial charge in [0.2, 0.25) is 5.91 Å². The van der Waals surface area contributed by atoms with Crippen molar-refractivity contribution in [3.63, 3.8) is 0 Å². The number of nitrogens with zero attached hydrogens (tertiary/aromatic N) is 2. The van der Waals surface area contributed by atoms with Crippen molar-refractivity contribution in [1.29, 1.82) is 0 Å². The summed E-state index contributed by atoms with van der Waals surface area (Å²) in [4.78, 5) is 16.7. The molecule has 2 N–H and O–H groups in total. The maximum Gasteiger partial charge on any atom is 0.236 e. The van der Waals surface area contributed by atoms with Crippen LogP contribution in [0.5, 0.6) is 0 Å². The Morgan fingerprint density at radius 1 is 1.32 bits per heavy atom. The highest BCUT2D eigenvalue weighted by molar-refractivity contribution is 5.78. The minimum atomic E-state index is 0.303. The molecule has 3 unspecified atom stereocenters. The van der Waals surface area contributed by atoms with Crippen LogP contribution in [0, 0.1) is 11.8 Å². The Morgan fingerprint density at radius 2 is 2.11 bits per heavy atom. The molecular formula is C15H29N3O. The number of nitrogens with two attached hydrogens (primary N) is 1. The van der Waals surface area contributed by atoms with E-state index in [0.717, 1.165) is 26.1 Å². The van der Waals surface area contributed by atoms with E-state index >= 15 is 0 Å². The number of rotatable bonds is 4. The molecule has 1 aliphatic heterocycles. The number of hydrogen-bond donors (Lipinski definition) is 1. The number of likely N-dealkylation sites (N-methyl/N-ethyl adjacent to an activating group) is 1. The molecular weight excluding hydrogens is 238 g/mol. The van der Waals surface area contributed by atoms with Crippen LogP contribution in [0.25, 0.3) is 0 Å². The van der Waals surface area contributed by atoms with Crippen molar-refractivity contribution in [2.24, 2.45) is 17.6 Å². The number of hydrogen-bond acceptors (Lipinski definition) is 3. The summed E-state index contributed by atoms with van der Waals surface area (Å²) in [6.07, 6.45) is 6.09. The Balaban J connectivity index is 1.84. The first-order valence-corrected chi connectivity index (χ1v) is 7.80. The molecule has 0 spiro atoms. The topological polar surface area (TPSA) is 49.6 Å². The molecule has 19 heavy (non-hydrogen) atoms. The number of likely N-dealkylation sites (tertiary alicyclic amines) is 1. The van der Waals surface area contributed by atoms with Gasteiger partial charge in [0.05, 0.1) is 6.54 Å². The first kappa shape index (κ1) is 14.8. The van der Waals surface area contributed by atoms with Gasteiger partial charge in [0.1, 0.15) is 0 Å². The highest BCUT2D eigenvalue weighted by Gasteiger charge is 2.31. The second-order valence-electron chi connectivity index (χ2n) is 6.50. The smallest absolute Gasteiger partial charge is 0.236 e. The normalized spacial score (nSPS) is 32.0. The maximum atomic E-state index is 12.4. The van der Waals surface area contributed by atoms with Crippen LogP contribution in [0.15, 0.2) is 0 Å². The summed E-state index contributed by atoms with van der Waals surface area (Å²) < 4.78 is 0. The number of carbonyl (C=O) groups excluding carboxylic acids is 1. The van der Waals surface area contributed by atoms with Gasteiger partial charge in [0, 0.05) is 19.1 Å². The second-order valence-corrected chi connectivity index (χ2v) is 6.50. The lowest BCUT2D eigenvalue weighted by Crippen LogP contribution is -2.47. The first-order chi connectivity index (χ1) is 9.11. The van der Waals surface area contributed by atoms with Crippen molar-refractivity contribution in [3.05, 3.63) is 0 Å². The Labute approximate surface area is 117 Å². The molecule has 0 bridgehead atoms. The summed E-state index contributed by atoms with van der Waals surface area (Å²) >= 11 is 0. The predicted molar refractivity (Wildman–Crippen MR) is 77.8 cm³/mol. The highest BCUT2D eigenvalue weighted by atomic mass is 16.2. The van der Waals surface area contributed by atoms with E-state index in [1.165, 1.54) is 25.7 Å². The molecule has 1 aliphatic carbocycles. The SMILES string of the molecule is CC1CCCN(C(=O)CN(C)C2CCCC2CN)C1. The fraction of sp³-hybridized carbons (Fsp3) is 0.933. The van der Waals surface area contributed by atoms with E-state index in [2.05, 4.69) is 23.8 Å². The van der Waals surface area contributed by atoms with Crippen molar-refractivity contribution in [3.8, 4) is 0 Å². The summed E-state index contributed by atoms with van der Waals surface area (Å²) in [5.41, 5.74) is 5.83. The predicted octanol–water partition coefficient (Wildman–Crippen LogP) is 1.30. The molecule has 1 amide bonds. The highest BCUT2D eigenvalue weighted by Crippen LogP contribution is 2.28. The van der Waals surface area contributed by atoms with Crippen molar-refractivity contribution < 1.29 is 4.79 Å². The third-order valence-corrected chi connectivity index (χ3v) is 4.88. The van der Waals surface area contributed by atoms with Crippen LogP contribution < -0.4 is 5.73 Å². The summed E-state index contributed by atoms with van der Waals surface area (Å²) in [5, 5.41) is 0. The molecule has 2 fully saturated rings. The Hall–Kier alpha value is -0.610. The van der Waals surface area contributed by atoms with Gasteiger partial charge in [-0.1, -0.05) is 13.3 Å². The van der Waals surface area contributed by atoms with Gasteiger partial charge in [-0.3, -0.25) is 9.69 Å². The molecule has 0 aromatic carbocycles. The molecule has 0 aromatic rings. The molecule has 0 radical (unpaired) electrons. The molecule has 1 heterocycles. The molecule has 110 valence electrons. The Bertz CT molecular complexity index is 308. The maximum absolute atomic E-state index is 12.4. The van der Waals surface area contributed by atoms with Gasteiger partial charge in [-0.25, -0.2) is 0 Å². The van der Waals surface area contributed by atoms with Gasteiger partial charge in [-0.15, -0.1) is 0 Å². The zero-order valence-electron chi connectivity index (χ0n) is 12.5. The Morgan fingerprint density at radius 3 is 2.79 bits per heavy atom. The first-order valence-electron chi connectivity index (χ1n) is 7.80. The second kappa shape index (κ2) is 6.71. The van der Waals surface area contributed by atoms with E-state index in [4.69, 9.17) is 5.73 Å². The zero-order valence-corrected chi connectivity index (χ0v) is 12.5. The molecule has 1 saturated carbocycles. The van der Waals surface area contributed by atoms with Crippen LogP contribution in [-0.4, -0.2) is 55.0 Å². The molecule has 4 nitrogen and oxygen atoms in total. The van der Waals surface area contributed by atoms with E-state index in [9.17, 15) is 4.79 Å². The third-order valence-electron chi connectivity index (χ3n) is 4.88. The fourth-order valence-electron chi connectivity index (χ4n) is 3.72. The van der Waals surface area contributed by atoms with Crippen LogP contribution in [-0.2, 0) is 4.79 Å². The van der Waals surface area contributed by atoms with Crippen LogP contribution >= 0.6 is 0 Å². The summed E-state index contributed by atoms with van der Waals surface area (Å²) in [6, 6.07) is 0.510. The van der Waals surface area contributed by atoms with Crippen molar-refractivity contribution in [2.45, 2.75) is 45.1 Å². The van der Waals surface area contributed by atoms with E-state index in [0.29, 0.717) is 30.3 Å². The van der Waals surface area contributed by atoms with E-state index in [1.807, 2.05) is 0 Å². The lowest BCUT2D eigenvalue weighted by Gasteiger charge is -2.34. The molecule has 2 rings (SSSR count). The largest absolute Gasteiger partial charge is 0.341 e. The van der Waals surface area contributed by atoms with Crippen LogP contribution in [0.4, 0.5) is 0 Å². The van der Waals surface area contributed by atoms with Gasteiger partial charge < -0.3 is 10.6 Å². The van der Waals surface area contributed by atoms with Crippen LogP contribution in [0.3, 0.4) is 0 Å². The average Bonchev–Trinajstić information content (AvgIpc) is 2.87. The number of amides is 1. The Kier molecular flexibility index (Phi) is 5.22. The number of carbonyl (C=O) groups is 1. The van der Waals surface area contributed by atoms with E-state index in [1.54, 1.807) is 0 Å². The van der Waals surface area contributed by atoms with Gasteiger partial charge in [-0.05, 0) is 51.1 Å². The zero-order chi connectivity index (χ0) is 13.8. The molecule has 2 aliphatic rings. The minimum Gasteiger partial charge on any atom is -0.341 e. The van der Waals surface area contributed by atoms with Crippen molar-refractivity contribution >= 4 is 5.91 Å². The quantitative estimate of drug-likeness (QED) is 0.835. The average molecular weight is 267 g/mol.